The maximum Gasteiger partial charge on any atom is 0.573 e. The molecule has 9 nitrogen and oxygen atoms in total. The number of aliphatic imine (C=N–C) groups is 1. The van der Waals surface area contributed by atoms with Crippen molar-refractivity contribution in [2.75, 3.05) is 30.9 Å². The molecule has 3 aromatic carbocycles. The number of nitrogens with zero attached hydrogens (tertiary/aromatic N) is 5. The van der Waals surface area contributed by atoms with E-state index >= 15 is 0 Å². The number of aromatic nitrogens is 3. The number of nitrogens with one attached hydrogen (secondary N) is 1. The summed E-state index contributed by atoms with van der Waals surface area (Å²) in [6.07, 6.45) is -1.57. The summed E-state index contributed by atoms with van der Waals surface area (Å²) in [4.78, 5) is 23.6. The zero-order chi connectivity index (χ0) is 33.6. The Morgan fingerprint density at radius 3 is 2.45 bits per heavy atom. The molecule has 0 bridgehead atoms. The largest absolute Gasteiger partial charge is 0.573 e. The summed E-state index contributed by atoms with van der Waals surface area (Å²) in [5.41, 5.74) is 4.72. The minimum absolute atomic E-state index is 0.263. The van der Waals surface area contributed by atoms with Crippen LogP contribution in [0.25, 0.3) is 17.1 Å². The quantitative estimate of drug-likeness (QED) is 0.162. The number of benzene rings is 3. The fourth-order valence-electron chi connectivity index (χ4n) is 5.27. The molecule has 2 heterocycles. The lowest BCUT2D eigenvalue weighted by molar-refractivity contribution is -0.274. The summed E-state index contributed by atoms with van der Waals surface area (Å²) < 4.78 is 48.2. The van der Waals surface area contributed by atoms with Crippen LogP contribution in [0.3, 0.4) is 0 Å². The summed E-state index contributed by atoms with van der Waals surface area (Å²) in [5.74, 6) is 2.39. The molecule has 4 aromatic rings. The predicted octanol–water partition coefficient (Wildman–Crippen LogP) is 8.17. The lowest BCUT2D eigenvalue weighted by atomic mass is 9.95. The van der Waals surface area contributed by atoms with Crippen molar-refractivity contribution in [1.29, 1.82) is 0 Å². The Kier molecular flexibility index (Phi) is 10.7. The van der Waals surface area contributed by atoms with Crippen LogP contribution in [-0.2, 0) is 0 Å². The average Bonchev–Trinajstić information content (AvgIpc) is 3.73. The molecule has 1 aliphatic heterocycles. The third-order valence-corrected chi connectivity index (χ3v) is 8.74. The number of alkyl halides is 3. The molecule has 0 radical (unpaired) electrons. The number of amidine groups is 1. The van der Waals surface area contributed by atoms with Crippen LogP contribution in [0.2, 0.25) is 0 Å². The molecule has 0 spiro atoms. The second kappa shape index (κ2) is 14.9. The number of urea groups is 1. The molecule has 1 fully saturated rings. The highest BCUT2D eigenvalue weighted by atomic mass is 32.2. The number of rotatable bonds is 11. The molecule has 0 aliphatic carbocycles. The first-order chi connectivity index (χ1) is 22.5. The Labute approximate surface area is 276 Å². The number of hydrogen-bond acceptors (Lipinski definition) is 6. The number of methoxy groups -OCH3 is 1. The van der Waals surface area contributed by atoms with E-state index in [0.717, 1.165) is 47.7 Å². The second-order valence-corrected chi connectivity index (χ2v) is 12.5. The zero-order valence-corrected chi connectivity index (χ0v) is 27.4. The standard InChI is InChI=1S/C34H37F3N6O3S/c1-22(2)29-16-15-28(45-4)20-30(29)42-18-19-47-33(42)40-32(44)38-17-5-6-23(3)24-7-9-25(10-8-24)31-39-21-43(41-31)26-11-13-27(14-12-26)46-34(35,36)37/h7-16,20-23H,5-6,17-19H2,1-4H3,(H,38,44)/b40-33-. The predicted molar refractivity (Wildman–Crippen MR) is 179 cm³/mol. The van der Waals surface area contributed by atoms with Crippen LogP contribution in [0.15, 0.2) is 78.0 Å². The van der Waals surface area contributed by atoms with Crippen LogP contribution < -0.4 is 19.7 Å². The number of carbonyl (C=O) groups excluding carboxylic acids is 1. The minimum atomic E-state index is -4.74. The van der Waals surface area contributed by atoms with Gasteiger partial charge in [0.15, 0.2) is 11.0 Å². The van der Waals surface area contributed by atoms with Gasteiger partial charge in [-0.2, -0.15) is 4.99 Å². The third kappa shape index (κ3) is 8.85. The van der Waals surface area contributed by atoms with E-state index < -0.39 is 6.36 Å². The van der Waals surface area contributed by atoms with Gasteiger partial charge < -0.3 is 19.7 Å². The van der Waals surface area contributed by atoms with Gasteiger partial charge in [-0.05, 0) is 66.1 Å². The molecule has 2 amide bonds. The Morgan fingerprint density at radius 1 is 1.04 bits per heavy atom. The Hall–Kier alpha value is -4.52. The maximum absolute atomic E-state index is 12.7. The molecule has 1 unspecified atom stereocenters. The van der Waals surface area contributed by atoms with Crippen LogP contribution in [0, 0.1) is 0 Å². The van der Waals surface area contributed by atoms with Gasteiger partial charge in [-0.25, -0.2) is 14.5 Å². The van der Waals surface area contributed by atoms with Crippen LogP contribution in [0.5, 0.6) is 11.5 Å². The molecule has 1 aromatic heterocycles. The number of ether oxygens (including phenoxy) is 2. The smallest absolute Gasteiger partial charge is 0.497 e. The third-order valence-electron chi connectivity index (χ3n) is 7.78. The van der Waals surface area contributed by atoms with Crippen molar-refractivity contribution in [2.24, 2.45) is 4.99 Å². The van der Waals surface area contributed by atoms with Crippen molar-refractivity contribution in [3.05, 3.63) is 84.2 Å². The SMILES string of the molecule is COc1ccc(C(C)C)c(N2CCS/C2=N\C(=O)NCCCC(C)c2ccc(-c3ncn(-c4ccc(OC(F)(F)F)cc4)n3)cc2)c1. The molecule has 1 N–H and O–H groups in total. The van der Waals surface area contributed by atoms with Gasteiger partial charge in [0.1, 0.15) is 17.8 Å². The average molecular weight is 667 g/mol. The monoisotopic (exact) mass is 666 g/mol. The van der Waals surface area contributed by atoms with Gasteiger partial charge in [-0.15, -0.1) is 18.3 Å². The number of hydrogen-bond donors (Lipinski definition) is 1. The zero-order valence-electron chi connectivity index (χ0n) is 26.6. The first kappa shape index (κ1) is 33.8. The lowest BCUT2D eigenvalue weighted by Gasteiger charge is -2.23. The molecule has 5 rings (SSSR count). The molecule has 0 saturated carbocycles. The van der Waals surface area contributed by atoms with E-state index in [1.54, 1.807) is 18.9 Å². The first-order valence-corrected chi connectivity index (χ1v) is 16.3. The number of thioether (sulfide) groups is 1. The Bertz CT molecular complexity index is 1690. The lowest BCUT2D eigenvalue weighted by Crippen LogP contribution is -2.29. The topological polar surface area (TPSA) is 93.9 Å². The maximum atomic E-state index is 12.7. The van der Waals surface area contributed by atoms with Crippen molar-refractivity contribution in [3.8, 4) is 28.6 Å². The normalized spacial score (nSPS) is 14.9. The fourth-order valence-corrected chi connectivity index (χ4v) is 6.22. The number of amides is 2. The highest BCUT2D eigenvalue weighted by Crippen LogP contribution is 2.35. The Morgan fingerprint density at radius 2 is 1.77 bits per heavy atom. The Balaban J connectivity index is 1.11. The van der Waals surface area contributed by atoms with Gasteiger partial charge in [-0.3, -0.25) is 0 Å². The van der Waals surface area contributed by atoms with Crippen molar-refractivity contribution >= 4 is 28.6 Å². The van der Waals surface area contributed by atoms with Crippen molar-refractivity contribution in [3.63, 3.8) is 0 Å². The van der Waals surface area contributed by atoms with E-state index in [-0.39, 0.29) is 17.7 Å². The first-order valence-electron chi connectivity index (χ1n) is 15.3. The van der Waals surface area contributed by atoms with Gasteiger partial charge in [0.2, 0.25) is 0 Å². The van der Waals surface area contributed by atoms with Crippen LogP contribution in [0.1, 0.15) is 56.6 Å². The summed E-state index contributed by atoms with van der Waals surface area (Å²) in [7, 11) is 1.65. The van der Waals surface area contributed by atoms with Gasteiger partial charge in [0.05, 0.1) is 12.8 Å². The van der Waals surface area contributed by atoms with Gasteiger partial charge in [-0.1, -0.05) is 62.9 Å². The summed E-state index contributed by atoms with van der Waals surface area (Å²) in [6.45, 7) is 7.73. The minimum Gasteiger partial charge on any atom is -0.497 e. The second-order valence-electron chi connectivity index (χ2n) is 11.4. The van der Waals surface area contributed by atoms with E-state index in [1.165, 1.54) is 40.8 Å². The van der Waals surface area contributed by atoms with Crippen molar-refractivity contribution in [2.45, 2.75) is 51.8 Å². The molecule has 1 aliphatic rings. The van der Waals surface area contributed by atoms with Gasteiger partial charge in [0, 0.05) is 36.2 Å². The molecular formula is C34H37F3N6O3S. The molecule has 47 heavy (non-hydrogen) atoms. The number of carbonyl (C=O) groups is 1. The van der Waals surface area contributed by atoms with E-state index in [9.17, 15) is 18.0 Å². The highest BCUT2D eigenvalue weighted by Gasteiger charge is 2.31. The molecule has 1 saturated heterocycles. The molecule has 248 valence electrons. The van der Waals surface area contributed by atoms with Crippen LogP contribution in [0.4, 0.5) is 23.7 Å². The van der Waals surface area contributed by atoms with Gasteiger partial charge >= 0.3 is 12.4 Å². The van der Waals surface area contributed by atoms with Crippen molar-refractivity contribution < 1.29 is 27.4 Å². The van der Waals surface area contributed by atoms with Crippen LogP contribution in [-0.4, -0.2) is 58.3 Å². The summed E-state index contributed by atoms with van der Waals surface area (Å²) >= 11 is 1.58. The van der Waals surface area contributed by atoms with E-state index in [2.05, 4.69) is 56.9 Å². The molecule has 1 atom stereocenters. The summed E-state index contributed by atoms with van der Waals surface area (Å²) in [5, 5.41) is 8.10. The van der Waals surface area contributed by atoms with E-state index in [0.29, 0.717) is 29.1 Å². The highest BCUT2D eigenvalue weighted by molar-refractivity contribution is 8.14. The van der Waals surface area contributed by atoms with Crippen molar-refractivity contribution in [1.82, 2.24) is 20.1 Å². The number of anilines is 1. The number of halogens is 3. The molecular weight excluding hydrogens is 629 g/mol. The molecule has 13 heteroatoms. The fraction of sp³-hybridized carbons (Fsp3) is 0.353. The van der Waals surface area contributed by atoms with E-state index in [4.69, 9.17) is 4.74 Å². The van der Waals surface area contributed by atoms with Gasteiger partial charge in [0.25, 0.3) is 0 Å². The van der Waals surface area contributed by atoms with Crippen LogP contribution >= 0.6 is 11.8 Å². The summed E-state index contributed by atoms with van der Waals surface area (Å²) in [6, 6.07) is 19.1. The van der Waals surface area contributed by atoms with E-state index in [1.807, 2.05) is 36.4 Å².